The Morgan fingerprint density at radius 3 is 2.42 bits per heavy atom. The molecule has 0 fully saturated rings. The molecule has 1 amide bonds. The predicted octanol–water partition coefficient (Wildman–Crippen LogP) is 3.73. The Bertz CT molecular complexity index is 863. The van der Waals surface area contributed by atoms with E-state index in [2.05, 4.69) is 42.5 Å². The lowest BCUT2D eigenvalue weighted by Gasteiger charge is -2.10. The highest BCUT2D eigenvalue weighted by Gasteiger charge is 2.07. The van der Waals surface area contributed by atoms with Gasteiger partial charge in [-0.25, -0.2) is 4.68 Å². The molecule has 24 heavy (non-hydrogen) atoms. The number of nitrogens with one attached hydrogen (secondary N) is 1. The Morgan fingerprint density at radius 1 is 1.04 bits per heavy atom. The Balaban J connectivity index is 1.68. The van der Waals surface area contributed by atoms with Gasteiger partial charge < -0.3 is 5.32 Å². The van der Waals surface area contributed by atoms with Crippen molar-refractivity contribution in [3.63, 3.8) is 0 Å². The van der Waals surface area contributed by atoms with Crippen molar-refractivity contribution in [1.82, 2.24) is 15.1 Å². The summed E-state index contributed by atoms with van der Waals surface area (Å²) in [5, 5.41) is 7.25. The summed E-state index contributed by atoms with van der Waals surface area (Å²) in [6.45, 7) is 6.66. The van der Waals surface area contributed by atoms with Crippen LogP contribution in [0.3, 0.4) is 0 Å². The van der Waals surface area contributed by atoms with Crippen molar-refractivity contribution in [3.8, 4) is 5.69 Å². The van der Waals surface area contributed by atoms with Crippen molar-refractivity contribution >= 4 is 5.91 Å². The second kappa shape index (κ2) is 6.71. The first kappa shape index (κ1) is 16.0. The molecular formula is C20H21N3O. The molecular weight excluding hydrogens is 298 g/mol. The normalized spacial score (nSPS) is 10.6. The number of hydrogen-bond donors (Lipinski definition) is 1. The fourth-order valence-corrected chi connectivity index (χ4v) is 2.72. The number of carbonyl (C=O) groups excluding carboxylic acids is 1. The van der Waals surface area contributed by atoms with Gasteiger partial charge in [-0.05, 0) is 62.2 Å². The molecule has 1 aromatic heterocycles. The molecule has 1 heterocycles. The zero-order chi connectivity index (χ0) is 17.1. The minimum Gasteiger partial charge on any atom is -0.348 e. The van der Waals surface area contributed by atoms with Gasteiger partial charge in [-0.3, -0.25) is 4.79 Å². The van der Waals surface area contributed by atoms with E-state index in [4.69, 9.17) is 0 Å². The molecule has 0 aliphatic heterocycles. The van der Waals surface area contributed by atoms with E-state index in [0.29, 0.717) is 12.1 Å². The molecule has 1 N–H and O–H groups in total. The van der Waals surface area contributed by atoms with Crippen molar-refractivity contribution in [3.05, 3.63) is 82.7 Å². The first-order chi connectivity index (χ1) is 11.5. The number of amides is 1. The minimum atomic E-state index is -0.0706. The van der Waals surface area contributed by atoms with Gasteiger partial charge in [0, 0.05) is 24.0 Å². The van der Waals surface area contributed by atoms with Crippen LogP contribution < -0.4 is 5.32 Å². The summed E-state index contributed by atoms with van der Waals surface area (Å²) >= 11 is 0. The van der Waals surface area contributed by atoms with Crippen molar-refractivity contribution in [2.75, 3.05) is 0 Å². The monoisotopic (exact) mass is 319 g/mol. The summed E-state index contributed by atoms with van der Waals surface area (Å²) < 4.78 is 1.84. The van der Waals surface area contributed by atoms with Gasteiger partial charge in [0.15, 0.2) is 0 Å². The smallest absolute Gasteiger partial charge is 0.251 e. The van der Waals surface area contributed by atoms with Crippen LogP contribution in [-0.4, -0.2) is 15.7 Å². The van der Waals surface area contributed by atoms with Crippen molar-refractivity contribution < 1.29 is 4.79 Å². The van der Waals surface area contributed by atoms with Gasteiger partial charge in [0.05, 0.1) is 5.69 Å². The number of rotatable bonds is 4. The fourth-order valence-electron chi connectivity index (χ4n) is 2.72. The number of nitrogens with zero attached hydrogens (tertiary/aromatic N) is 2. The van der Waals surface area contributed by atoms with Gasteiger partial charge in [0.2, 0.25) is 0 Å². The van der Waals surface area contributed by atoms with E-state index in [1.54, 1.807) is 6.20 Å². The molecule has 0 saturated carbocycles. The third-order valence-corrected chi connectivity index (χ3v) is 4.14. The molecule has 0 radical (unpaired) electrons. The lowest BCUT2D eigenvalue weighted by atomic mass is 10.1. The molecule has 0 unspecified atom stereocenters. The fraction of sp³-hybridized carbons (Fsp3) is 0.200. The van der Waals surface area contributed by atoms with E-state index >= 15 is 0 Å². The van der Waals surface area contributed by atoms with Crippen LogP contribution in [0.25, 0.3) is 5.69 Å². The third-order valence-electron chi connectivity index (χ3n) is 4.14. The van der Waals surface area contributed by atoms with Crippen LogP contribution in [-0.2, 0) is 6.54 Å². The van der Waals surface area contributed by atoms with E-state index in [9.17, 15) is 4.79 Å². The highest BCUT2D eigenvalue weighted by molar-refractivity contribution is 5.94. The van der Waals surface area contributed by atoms with E-state index in [0.717, 1.165) is 16.9 Å². The molecule has 2 aromatic carbocycles. The van der Waals surface area contributed by atoms with Crippen LogP contribution in [0, 0.1) is 20.8 Å². The molecule has 3 rings (SSSR count). The largest absolute Gasteiger partial charge is 0.348 e. The number of aromatic nitrogens is 2. The van der Waals surface area contributed by atoms with Gasteiger partial charge in [-0.15, -0.1) is 0 Å². The Hall–Kier alpha value is -2.88. The SMILES string of the molecule is Cc1ccc(CNC(=O)c2ccc(-n3nccc3C)cc2)c(C)c1. The Morgan fingerprint density at radius 2 is 1.79 bits per heavy atom. The topological polar surface area (TPSA) is 46.9 Å². The van der Waals surface area contributed by atoms with Gasteiger partial charge in [0.1, 0.15) is 0 Å². The summed E-state index contributed by atoms with van der Waals surface area (Å²) in [5.41, 5.74) is 6.21. The van der Waals surface area contributed by atoms with Crippen molar-refractivity contribution in [2.24, 2.45) is 0 Å². The molecule has 0 aliphatic carbocycles. The van der Waals surface area contributed by atoms with Crippen LogP contribution in [0.15, 0.2) is 54.7 Å². The van der Waals surface area contributed by atoms with Crippen LogP contribution in [0.4, 0.5) is 0 Å². The van der Waals surface area contributed by atoms with Crippen molar-refractivity contribution in [2.45, 2.75) is 27.3 Å². The van der Waals surface area contributed by atoms with Crippen LogP contribution in [0.5, 0.6) is 0 Å². The highest BCUT2D eigenvalue weighted by Crippen LogP contribution is 2.13. The van der Waals surface area contributed by atoms with E-state index in [1.807, 2.05) is 41.9 Å². The maximum Gasteiger partial charge on any atom is 0.251 e. The van der Waals surface area contributed by atoms with E-state index in [-0.39, 0.29) is 5.91 Å². The first-order valence-corrected chi connectivity index (χ1v) is 8.00. The Labute approximate surface area is 142 Å². The number of aryl methyl sites for hydroxylation is 3. The molecule has 4 heteroatoms. The van der Waals surface area contributed by atoms with Crippen molar-refractivity contribution in [1.29, 1.82) is 0 Å². The first-order valence-electron chi connectivity index (χ1n) is 8.00. The third kappa shape index (κ3) is 3.38. The Kier molecular flexibility index (Phi) is 4.47. The van der Waals surface area contributed by atoms with E-state index < -0.39 is 0 Å². The predicted molar refractivity (Wildman–Crippen MR) is 95.4 cm³/mol. The summed E-state index contributed by atoms with van der Waals surface area (Å²) in [4.78, 5) is 12.3. The van der Waals surface area contributed by atoms with Crippen LogP contribution in [0.2, 0.25) is 0 Å². The molecule has 0 spiro atoms. The lowest BCUT2D eigenvalue weighted by Crippen LogP contribution is -2.23. The summed E-state index contributed by atoms with van der Waals surface area (Å²) in [6, 6.07) is 15.7. The maximum absolute atomic E-state index is 12.3. The number of hydrogen-bond acceptors (Lipinski definition) is 2. The quantitative estimate of drug-likeness (QED) is 0.796. The summed E-state index contributed by atoms with van der Waals surface area (Å²) in [7, 11) is 0. The zero-order valence-electron chi connectivity index (χ0n) is 14.2. The van der Waals surface area contributed by atoms with Gasteiger partial charge in [0.25, 0.3) is 5.91 Å². The molecule has 4 nitrogen and oxygen atoms in total. The average molecular weight is 319 g/mol. The van der Waals surface area contributed by atoms with Gasteiger partial charge in [-0.2, -0.15) is 5.10 Å². The van der Waals surface area contributed by atoms with E-state index in [1.165, 1.54) is 11.1 Å². The van der Waals surface area contributed by atoms with Crippen LogP contribution >= 0.6 is 0 Å². The minimum absolute atomic E-state index is 0.0706. The second-order valence-electron chi connectivity index (χ2n) is 6.04. The average Bonchev–Trinajstić information content (AvgIpc) is 3.00. The van der Waals surface area contributed by atoms with Gasteiger partial charge >= 0.3 is 0 Å². The number of benzene rings is 2. The zero-order valence-corrected chi connectivity index (χ0v) is 14.2. The van der Waals surface area contributed by atoms with Gasteiger partial charge in [-0.1, -0.05) is 23.8 Å². The molecule has 0 aliphatic rings. The standard InChI is InChI=1S/C20H21N3O/c1-14-4-5-18(15(2)12-14)13-21-20(24)17-6-8-19(9-7-17)23-16(3)10-11-22-23/h4-12H,13H2,1-3H3,(H,21,24). The summed E-state index contributed by atoms with van der Waals surface area (Å²) in [5.74, 6) is -0.0706. The molecule has 3 aromatic rings. The lowest BCUT2D eigenvalue weighted by molar-refractivity contribution is 0.0951. The molecule has 0 bridgehead atoms. The second-order valence-corrected chi connectivity index (χ2v) is 6.04. The summed E-state index contributed by atoms with van der Waals surface area (Å²) in [6.07, 6.45) is 1.76. The van der Waals surface area contributed by atoms with Crippen LogP contribution in [0.1, 0.15) is 32.7 Å². The maximum atomic E-state index is 12.3. The molecule has 0 saturated heterocycles. The highest BCUT2D eigenvalue weighted by atomic mass is 16.1. The number of carbonyl (C=O) groups is 1. The molecule has 122 valence electrons. The molecule has 0 atom stereocenters.